The molecule has 2 nitrogen and oxygen atoms in total. The smallest absolute Gasteiger partial charge is 0.303 e. The van der Waals surface area contributed by atoms with E-state index in [0.717, 1.165) is 12.8 Å². The largest absolute Gasteiger partial charge is 0.481 e. The van der Waals surface area contributed by atoms with Crippen LogP contribution in [0.1, 0.15) is 84.0 Å². The van der Waals surface area contributed by atoms with Gasteiger partial charge in [0, 0.05) is 6.42 Å². The van der Waals surface area contributed by atoms with E-state index >= 15 is 0 Å². The highest BCUT2D eigenvalue weighted by atomic mass is 16.5. The van der Waals surface area contributed by atoms with E-state index in [1.165, 1.54) is 57.8 Å². The number of unbranched alkanes of at least 4 members (excludes halogenated alkanes) is 10. The van der Waals surface area contributed by atoms with Crippen LogP contribution in [0.5, 0.6) is 0 Å². The van der Waals surface area contributed by atoms with Crippen LogP contribution in [0.3, 0.4) is 0 Å². The Morgan fingerprint density at radius 2 is 1.12 bits per heavy atom. The minimum absolute atomic E-state index is 0.344. The third-order valence-corrected chi connectivity index (χ3v) is 2.99. The molecule has 0 unspecified atom stereocenters. The van der Waals surface area contributed by atoms with Crippen LogP contribution < -0.4 is 0 Å². The van der Waals surface area contributed by atoms with E-state index in [4.69, 9.17) is 5.11 Å². The molecule has 16 heavy (non-hydrogen) atoms. The fourth-order valence-corrected chi connectivity index (χ4v) is 1.94. The van der Waals surface area contributed by atoms with Crippen molar-refractivity contribution < 1.29 is 9.90 Å². The number of carbonyl (C=O) groups is 1. The van der Waals surface area contributed by atoms with Gasteiger partial charge in [-0.2, -0.15) is 0 Å². The van der Waals surface area contributed by atoms with E-state index in [1.807, 2.05) is 0 Å². The molecule has 0 aliphatic rings. The first-order valence-corrected chi connectivity index (χ1v) is 6.99. The van der Waals surface area contributed by atoms with Gasteiger partial charge in [-0.3, -0.25) is 4.79 Å². The minimum atomic E-state index is -0.657. The van der Waals surface area contributed by atoms with Crippen molar-refractivity contribution in [3.63, 3.8) is 0 Å². The molecule has 0 aromatic carbocycles. The van der Waals surface area contributed by atoms with Crippen LogP contribution in [0.4, 0.5) is 0 Å². The Morgan fingerprint density at radius 1 is 0.750 bits per heavy atom. The van der Waals surface area contributed by atoms with Gasteiger partial charge in [-0.1, -0.05) is 71.1 Å². The van der Waals surface area contributed by atoms with Gasteiger partial charge in [-0.15, -0.1) is 0 Å². The molecule has 0 saturated carbocycles. The molecule has 0 atom stereocenters. The van der Waals surface area contributed by atoms with Gasteiger partial charge in [0.25, 0.3) is 0 Å². The lowest BCUT2D eigenvalue weighted by atomic mass is 11.0. The van der Waals surface area contributed by atoms with Crippen LogP contribution in [0.15, 0.2) is 0 Å². The van der Waals surface area contributed by atoms with Crippen LogP contribution in [-0.4, -0.2) is 11.1 Å². The van der Waals surface area contributed by atoms with Gasteiger partial charge in [0.1, 0.15) is 0 Å². The van der Waals surface area contributed by atoms with E-state index in [2.05, 4.69) is 6.92 Å². The quantitative estimate of drug-likeness (QED) is 0.395. The molecule has 0 aliphatic heterocycles. The predicted molar refractivity (Wildman–Crippen MR) is 68.7 cm³/mol. The van der Waals surface area contributed by atoms with Gasteiger partial charge >= 0.3 is 5.97 Å². The SMILES string of the molecule is [13CH3][13CH2][13CH2][13CH2][13CH2][13CH2][13CH2][13CH2][13CH2][13CH2][13CH2][13CH2][13CH2][13C](=O)O. The maximum Gasteiger partial charge on any atom is 0.303 e. The highest BCUT2D eigenvalue weighted by molar-refractivity contribution is 5.66. The van der Waals surface area contributed by atoms with Crippen molar-refractivity contribution in [2.24, 2.45) is 0 Å². The molecule has 0 amide bonds. The lowest BCUT2D eigenvalue weighted by Gasteiger charge is -2.01. The number of carboxylic acids is 1. The van der Waals surface area contributed by atoms with Crippen LogP contribution >= 0.6 is 0 Å². The van der Waals surface area contributed by atoms with E-state index in [1.54, 1.807) is 0 Å². The first kappa shape index (κ1) is 15.5. The van der Waals surface area contributed by atoms with E-state index in [9.17, 15) is 4.79 Å². The summed E-state index contributed by atoms with van der Waals surface area (Å²) < 4.78 is 0. The van der Waals surface area contributed by atoms with E-state index < -0.39 is 5.97 Å². The molecular formula is C14H28O2. The van der Waals surface area contributed by atoms with Crippen LogP contribution in [0.25, 0.3) is 0 Å². The van der Waals surface area contributed by atoms with Crippen molar-refractivity contribution in [2.45, 2.75) is 84.0 Å². The Hall–Kier alpha value is -0.530. The molecule has 0 rings (SSSR count). The van der Waals surface area contributed by atoms with Crippen LogP contribution in [0.2, 0.25) is 0 Å². The molecule has 96 valence electrons. The molecule has 0 heterocycles. The molecule has 0 bridgehead atoms. The average Bonchev–Trinajstić information content (AvgIpc) is 2.25. The Balaban J connectivity index is 2.90. The van der Waals surface area contributed by atoms with Gasteiger partial charge in [0.15, 0.2) is 0 Å². The number of hydrogen-bond donors (Lipinski definition) is 1. The van der Waals surface area contributed by atoms with Crippen molar-refractivity contribution >= 4 is 5.97 Å². The molecular weight excluding hydrogens is 214 g/mol. The fraction of sp³-hybridized carbons (Fsp3) is 0.929. The molecule has 0 aromatic heterocycles. The van der Waals surface area contributed by atoms with Crippen LogP contribution in [0, 0.1) is 0 Å². The fourth-order valence-electron chi connectivity index (χ4n) is 1.94. The van der Waals surface area contributed by atoms with Crippen molar-refractivity contribution in [3.05, 3.63) is 0 Å². The highest BCUT2D eigenvalue weighted by Crippen LogP contribution is 2.11. The molecule has 0 radical (unpaired) electrons. The van der Waals surface area contributed by atoms with Gasteiger partial charge in [-0.25, -0.2) is 0 Å². The molecule has 2 heteroatoms. The minimum Gasteiger partial charge on any atom is -0.481 e. The molecule has 0 aliphatic carbocycles. The standard InChI is InChI=1S/C14H28O2/c1-2-3-4-5-6-7-8-9-10-11-12-13-14(15)16/h2-13H2,1H3,(H,15,16)/i1+1,2+1,3+1,4+1,5+1,6+1,7+1,8+1,9+1,10+1,11+1,12+1,13+1,14+1. The van der Waals surface area contributed by atoms with Gasteiger partial charge in [-0.05, 0) is 6.42 Å². The Kier molecular flexibility index (Phi) is 12.1. The molecule has 0 aromatic rings. The normalized spacial score (nSPS) is 10.6. The van der Waals surface area contributed by atoms with E-state index in [-0.39, 0.29) is 0 Å². The summed E-state index contributed by atoms with van der Waals surface area (Å²) in [6, 6.07) is 0. The monoisotopic (exact) mass is 242 g/mol. The second-order valence-electron chi connectivity index (χ2n) is 4.68. The summed E-state index contributed by atoms with van der Waals surface area (Å²) in [5, 5.41) is 8.46. The predicted octanol–water partition coefficient (Wildman–Crippen LogP) is 4.77. The summed E-state index contributed by atoms with van der Waals surface area (Å²) in [6.07, 6.45) is 14.4. The van der Waals surface area contributed by atoms with Crippen molar-refractivity contribution in [3.8, 4) is 0 Å². The second-order valence-corrected chi connectivity index (χ2v) is 4.68. The zero-order chi connectivity index (χ0) is 12.1. The third-order valence-electron chi connectivity index (χ3n) is 2.99. The summed E-state index contributed by atoms with van der Waals surface area (Å²) in [5.41, 5.74) is 0. The summed E-state index contributed by atoms with van der Waals surface area (Å²) >= 11 is 0. The Labute approximate surface area is 100 Å². The van der Waals surface area contributed by atoms with Crippen molar-refractivity contribution in [2.75, 3.05) is 0 Å². The Morgan fingerprint density at radius 3 is 1.50 bits per heavy atom. The summed E-state index contributed by atoms with van der Waals surface area (Å²) in [5.74, 6) is -0.657. The Bertz CT molecular complexity index is 155. The van der Waals surface area contributed by atoms with Crippen LogP contribution in [-0.2, 0) is 4.79 Å². The summed E-state index contributed by atoms with van der Waals surface area (Å²) in [7, 11) is 0. The number of hydrogen-bond acceptors (Lipinski definition) is 1. The maximum absolute atomic E-state index is 10.3. The molecule has 0 fully saturated rings. The molecule has 0 saturated heterocycles. The first-order valence-electron chi connectivity index (χ1n) is 6.99. The van der Waals surface area contributed by atoms with Crippen molar-refractivity contribution in [1.82, 2.24) is 0 Å². The summed E-state index contributed by atoms with van der Waals surface area (Å²) in [4.78, 5) is 10.3. The van der Waals surface area contributed by atoms with Gasteiger partial charge < -0.3 is 5.11 Å². The van der Waals surface area contributed by atoms with Gasteiger partial charge in [0.2, 0.25) is 0 Å². The zero-order valence-corrected chi connectivity index (χ0v) is 10.8. The highest BCUT2D eigenvalue weighted by Gasteiger charge is 1.96. The van der Waals surface area contributed by atoms with Gasteiger partial charge in [0.05, 0.1) is 0 Å². The zero-order valence-electron chi connectivity index (χ0n) is 10.8. The number of aliphatic carboxylic acids is 1. The maximum atomic E-state index is 10.3. The van der Waals surface area contributed by atoms with E-state index in [0.29, 0.717) is 6.42 Å². The third kappa shape index (κ3) is 13.5. The molecule has 1 N–H and O–H groups in total. The summed E-state index contributed by atoms with van der Waals surface area (Å²) in [6.45, 7) is 2.25. The van der Waals surface area contributed by atoms with Crippen molar-refractivity contribution in [1.29, 1.82) is 0 Å². The topological polar surface area (TPSA) is 37.3 Å². The average molecular weight is 242 g/mol. The first-order chi connectivity index (χ1) is 7.77. The second kappa shape index (κ2) is 12.5. The number of rotatable bonds is 12. The lowest BCUT2D eigenvalue weighted by molar-refractivity contribution is -0.137. The lowest BCUT2D eigenvalue weighted by Crippen LogP contribution is -1.93. The molecule has 0 spiro atoms. The number of carboxylic acid groups (broad SMARTS) is 1.